The van der Waals surface area contributed by atoms with E-state index in [0.717, 1.165) is 38.2 Å². The lowest BCUT2D eigenvalue weighted by molar-refractivity contribution is 0.126. The Morgan fingerprint density at radius 1 is 0.529 bits per heavy atom. The van der Waals surface area contributed by atoms with Crippen LogP contribution in [0, 0.1) is 0 Å². The molecule has 5 aromatic carbocycles. The Hall–Kier alpha value is -3.66. The molecule has 0 radical (unpaired) electrons. The van der Waals surface area contributed by atoms with E-state index in [9.17, 15) is 5.11 Å². The Balaban J connectivity index is 1.81. The van der Waals surface area contributed by atoms with Crippen molar-refractivity contribution in [3.63, 3.8) is 0 Å². The normalized spacial score (nSPS) is 12.6. The van der Waals surface area contributed by atoms with E-state index >= 15 is 0 Å². The molecule has 0 aliphatic rings. The molecule has 0 aliphatic heterocycles. The Morgan fingerprint density at radius 2 is 1.03 bits per heavy atom. The average Bonchev–Trinajstić information content (AvgIpc) is 2.90. The van der Waals surface area contributed by atoms with Gasteiger partial charge in [-0.05, 0) is 53.6 Å². The summed E-state index contributed by atoms with van der Waals surface area (Å²) in [5.74, 6) is 0. The second kappa shape index (κ2) is 9.68. The summed E-state index contributed by atoms with van der Waals surface area (Å²) < 4.78 is 0.916. The third-order valence-electron chi connectivity index (χ3n) is 6.00. The maximum atomic E-state index is 12.6. The highest BCUT2D eigenvalue weighted by atomic mass is 79.9. The smallest absolute Gasteiger partial charge is 0.142 e. The summed E-state index contributed by atoms with van der Waals surface area (Å²) in [4.78, 5) is 2.20. The van der Waals surface area contributed by atoms with Crippen LogP contribution in [0.25, 0.3) is 0 Å². The van der Waals surface area contributed by atoms with Gasteiger partial charge in [0.1, 0.15) is 5.60 Å². The van der Waals surface area contributed by atoms with Gasteiger partial charge < -0.3 is 10.0 Å². The zero-order valence-corrected chi connectivity index (χ0v) is 20.1. The fourth-order valence-corrected chi connectivity index (χ4v) is 4.83. The van der Waals surface area contributed by atoms with Crippen molar-refractivity contribution in [3.8, 4) is 0 Å². The molecule has 0 saturated heterocycles. The maximum Gasteiger partial charge on any atom is 0.142 e. The number of rotatable bonds is 6. The van der Waals surface area contributed by atoms with Crippen LogP contribution in [0.15, 0.2) is 144 Å². The van der Waals surface area contributed by atoms with E-state index in [4.69, 9.17) is 0 Å². The Kier molecular flexibility index (Phi) is 6.31. The highest BCUT2D eigenvalue weighted by Crippen LogP contribution is 2.45. The molecule has 0 fully saturated rings. The Labute approximate surface area is 208 Å². The Bertz CT molecular complexity index is 1330. The van der Waals surface area contributed by atoms with Gasteiger partial charge in [0, 0.05) is 21.4 Å². The quantitative estimate of drug-likeness (QED) is 0.235. The summed E-state index contributed by atoms with van der Waals surface area (Å²) >= 11 is 3.60. The van der Waals surface area contributed by atoms with Gasteiger partial charge in [-0.3, -0.25) is 0 Å². The van der Waals surface area contributed by atoms with Gasteiger partial charge in [0.2, 0.25) is 0 Å². The number of benzene rings is 5. The van der Waals surface area contributed by atoms with Crippen molar-refractivity contribution in [3.05, 3.63) is 161 Å². The summed E-state index contributed by atoms with van der Waals surface area (Å²) in [6.07, 6.45) is 0. The molecule has 0 aromatic heterocycles. The van der Waals surface area contributed by atoms with Crippen molar-refractivity contribution < 1.29 is 5.11 Å². The van der Waals surface area contributed by atoms with Gasteiger partial charge in [-0.15, -0.1) is 0 Å². The summed E-state index contributed by atoms with van der Waals surface area (Å²) in [5, 5.41) is 12.6. The van der Waals surface area contributed by atoms with Crippen LogP contribution in [0.4, 0.5) is 17.1 Å². The van der Waals surface area contributed by atoms with Gasteiger partial charge in [-0.25, -0.2) is 0 Å². The standard InChI is InChI=1S/C31H24BrNO/c32-26-16-12-15-25(23-26)31(34,24-13-4-1-5-14-24)29-21-10-11-22-30(29)33(27-17-6-2-7-18-27)28-19-8-3-9-20-28/h1-23,34H. The lowest BCUT2D eigenvalue weighted by atomic mass is 9.79. The molecular weight excluding hydrogens is 482 g/mol. The average molecular weight is 506 g/mol. The third kappa shape index (κ3) is 4.16. The van der Waals surface area contributed by atoms with Crippen molar-refractivity contribution in [1.29, 1.82) is 0 Å². The van der Waals surface area contributed by atoms with Gasteiger partial charge in [0.15, 0.2) is 0 Å². The van der Waals surface area contributed by atoms with E-state index in [2.05, 4.69) is 51.2 Å². The van der Waals surface area contributed by atoms with Crippen molar-refractivity contribution in [2.24, 2.45) is 0 Å². The largest absolute Gasteiger partial charge is 0.376 e. The third-order valence-corrected chi connectivity index (χ3v) is 6.49. The van der Waals surface area contributed by atoms with E-state index in [0.29, 0.717) is 0 Å². The second-order valence-electron chi connectivity index (χ2n) is 8.11. The van der Waals surface area contributed by atoms with Gasteiger partial charge in [0.05, 0.1) is 5.69 Å². The first kappa shape index (κ1) is 22.1. The fourth-order valence-electron chi connectivity index (χ4n) is 4.43. The minimum Gasteiger partial charge on any atom is -0.376 e. The first-order valence-electron chi connectivity index (χ1n) is 11.2. The van der Waals surface area contributed by atoms with Gasteiger partial charge in [0.25, 0.3) is 0 Å². The first-order chi connectivity index (χ1) is 16.7. The monoisotopic (exact) mass is 505 g/mol. The Morgan fingerprint density at radius 3 is 1.62 bits per heavy atom. The van der Waals surface area contributed by atoms with Crippen LogP contribution in [0.5, 0.6) is 0 Å². The zero-order valence-electron chi connectivity index (χ0n) is 18.6. The van der Waals surface area contributed by atoms with E-state index in [-0.39, 0.29) is 0 Å². The van der Waals surface area contributed by atoms with Crippen molar-refractivity contribution in [2.75, 3.05) is 4.90 Å². The SMILES string of the molecule is OC(c1ccccc1)(c1cccc(Br)c1)c1ccccc1N(c1ccccc1)c1ccccc1. The van der Waals surface area contributed by atoms with E-state index < -0.39 is 5.60 Å². The summed E-state index contributed by atoms with van der Waals surface area (Å²) in [7, 11) is 0. The van der Waals surface area contributed by atoms with E-state index in [1.165, 1.54) is 0 Å². The molecule has 0 spiro atoms. The van der Waals surface area contributed by atoms with Crippen molar-refractivity contribution in [1.82, 2.24) is 0 Å². The van der Waals surface area contributed by atoms with E-state index in [1.807, 2.05) is 109 Å². The molecule has 5 rings (SSSR count). The van der Waals surface area contributed by atoms with Crippen LogP contribution >= 0.6 is 15.9 Å². The summed E-state index contributed by atoms with van der Waals surface area (Å²) in [6, 6.07) is 46.4. The zero-order chi connectivity index (χ0) is 23.4. The van der Waals surface area contributed by atoms with Crippen LogP contribution in [-0.4, -0.2) is 5.11 Å². The molecular formula is C31H24BrNO. The van der Waals surface area contributed by atoms with Crippen LogP contribution in [-0.2, 0) is 5.60 Å². The lowest BCUT2D eigenvalue weighted by Crippen LogP contribution is -2.31. The van der Waals surface area contributed by atoms with Crippen LogP contribution in [0.3, 0.4) is 0 Å². The van der Waals surface area contributed by atoms with Crippen molar-refractivity contribution >= 4 is 33.0 Å². The molecule has 0 saturated carbocycles. The molecule has 2 nitrogen and oxygen atoms in total. The number of anilines is 3. The van der Waals surface area contributed by atoms with Crippen LogP contribution in [0.2, 0.25) is 0 Å². The molecule has 3 heteroatoms. The summed E-state index contributed by atoms with van der Waals surface area (Å²) in [6.45, 7) is 0. The second-order valence-corrected chi connectivity index (χ2v) is 9.03. The molecule has 0 amide bonds. The molecule has 0 heterocycles. The van der Waals surface area contributed by atoms with Gasteiger partial charge >= 0.3 is 0 Å². The molecule has 1 unspecified atom stereocenters. The lowest BCUT2D eigenvalue weighted by Gasteiger charge is -2.36. The molecule has 1 atom stereocenters. The van der Waals surface area contributed by atoms with Crippen LogP contribution < -0.4 is 4.90 Å². The first-order valence-corrected chi connectivity index (χ1v) is 12.0. The number of aliphatic hydroxyl groups is 1. The van der Waals surface area contributed by atoms with Crippen molar-refractivity contribution in [2.45, 2.75) is 5.60 Å². The number of hydrogen-bond acceptors (Lipinski definition) is 2. The van der Waals surface area contributed by atoms with Gasteiger partial charge in [-0.1, -0.05) is 113 Å². The summed E-state index contributed by atoms with van der Waals surface area (Å²) in [5.41, 5.74) is 3.97. The predicted octanol–water partition coefficient (Wildman–Crippen LogP) is 8.20. The number of halogens is 1. The highest BCUT2D eigenvalue weighted by molar-refractivity contribution is 9.10. The number of hydrogen-bond donors (Lipinski definition) is 1. The predicted molar refractivity (Wildman–Crippen MR) is 144 cm³/mol. The van der Waals surface area contributed by atoms with E-state index in [1.54, 1.807) is 0 Å². The molecule has 5 aromatic rings. The van der Waals surface area contributed by atoms with Gasteiger partial charge in [-0.2, -0.15) is 0 Å². The minimum absolute atomic E-state index is 0.793. The topological polar surface area (TPSA) is 23.5 Å². The molecule has 0 aliphatic carbocycles. The molecule has 0 bridgehead atoms. The highest BCUT2D eigenvalue weighted by Gasteiger charge is 2.37. The molecule has 34 heavy (non-hydrogen) atoms. The maximum absolute atomic E-state index is 12.6. The molecule has 166 valence electrons. The number of nitrogens with zero attached hydrogens (tertiary/aromatic N) is 1. The molecule has 1 N–H and O–H groups in total. The fraction of sp³-hybridized carbons (Fsp3) is 0.0323. The number of para-hydroxylation sites is 3. The minimum atomic E-state index is -1.37. The van der Waals surface area contributed by atoms with Crippen LogP contribution in [0.1, 0.15) is 16.7 Å².